The first-order valence-corrected chi connectivity index (χ1v) is 9.64. The van der Waals surface area contributed by atoms with E-state index in [1.54, 1.807) is 12.5 Å². The quantitative estimate of drug-likeness (QED) is 0.631. The third kappa shape index (κ3) is 4.29. The number of rotatable bonds is 7. The molecule has 0 unspecified atom stereocenters. The summed E-state index contributed by atoms with van der Waals surface area (Å²) >= 11 is 2.76. The number of carbonyl (C=O) groups is 1. The summed E-state index contributed by atoms with van der Waals surface area (Å²) in [6, 6.07) is 3.68. The molecule has 1 amide bonds. The Hall–Kier alpha value is -2.13. The van der Waals surface area contributed by atoms with Crippen molar-refractivity contribution in [1.29, 1.82) is 0 Å². The van der Waals surface area contributed by atoms with E-state index < -0.39 is 0 Å². The zero-order valence-corrected chi connectivity index (χ0v) is 15.8. The molecule has 0 aromatic carbocycles. The van der Waals surface area contributed by atoms with E-state index in [2.05, 4.69) is 34.3 Å². The van der Waals surface area contributed by atoms with E-state index in [9.17, 15) is 4.79 Å². The smallest absolute Gasteiger partial charge is 0.239 e. The molecule has 3 aromatic heterocycles. The van der Waals surface area contributed by atoms with Gasteiger partial charge in [0.1, 0.15) is 0 Å². The van der Waals surface area contributed by atoms with Gasteiger partial charge in [0.2, 0.25) is 5.91 Å². The van der Waals surface area contributed by atoms with Crippen molar-refractivity contribution in [3.8, 4) is 11.6 Å². The summed E-state index contributed by atoms with van der Waals surface area (Å²) in [5.74, 6) is 1.63. The van der Waals surface area contributed by atoms with Gasteiger partial charge < -0.3 is 9.73 Å². The Kier molecular flexibility index (Phi) is 5.54. The van der Waals surface area contributed by atoms with Crippen LogP contribution in [0.3, 0.4) is 0 Å². The number of aromatic nitrogens is 4. The Morgan fingerprint density at radius 1 is 1.40 bits per heavy atom. The molecule has 0 fully saturated rings. The van der Waals surface area contributed by atoms with Crippen molar-refractivity contribution < 1.29 is 9.21 Å². The zero-order chi connectivity index (χ0) is 17.8. The maximum atomic E-state index is 12.3. The molecule has 0 saturated carbocycles. The van der Waals surface area contributed by atoms with E-state index in [4.69, 9.17) is 4.42 Å². The van der Waals surface area contributed by atoms with Gasteiger partial charge in [0.05, 0.1) is 11.5 Å². The van der Waals surface area contributed by atoms with Crippen LogP contribution in [0.2, 0.25) is 0 Å². The molecule has 132 valence electrons. The summed E-state index contributed by atoms with van der Waals surface area (Å²) in [5.41, 5.74) is 0. The van der Waals surface area contributed by atoms with Gasteiger partial charge in [0, 0.05) is 18.1 Å². The van der Waals surface area contributed by atoms with Crippen LogP contribution in [-0.2, 0) is 11.3 Å². The first-order valence-electron chi connectivity index (χ1n) is 7.88. The van der Waals surface area contributed by atoms with Crippen LogP contribution in [0.4, 0.5) is 5.13 Å². The van der Waals surface area contributed by atoms with Crippen LogP contribution in [0.5, 0.6) is 0 Å². The number of amides is 1. The fourth-order valence-corrected chi connectivity index (χ4v) is 3.59. The predicted molar refractivity (Wildman–Crippen MR) is 98.6 cm³/mol. The van der Waals surface area contributed by atoms with E-state index >= 15 is 0 Å². The lowest BCUT2D eigenvalue weighted by molar-refractivity contribution is -0.115. The molecule has 9 heteroatoms. The number of nitrogens with zero attached hydrogens (tertiary/aromatic N) is 4. The average molecular weight is 377 g/mol. The first kappa shape index (κ1) is 17.7. The van der Waals surface area contributed by atoms with Gasteiger partial charge in [0.25, 0.3) is 0 Å². The molecule has 25 heavy (non-hydrogen) atoms. The number of hydrogen-bond donors (Lipinski definition) is 1. The molecule has 1 N–H and O–H groups in total. The van der Waals surface area contributed by atoms with E-state index in [1.807, 2.05) is 29.0 Å². The number of thiazole rings is 1. The highest BCUT2D eigenvalue weighted by atomic mass is 32.2. The summed E-state index contributed by atoms with van der Waals surface area (Å²) in [4.78, 5) is 16.4. The van der Waals surface area contributed by atoms with Crippen molar-refractivity contribution in [3.05, 3.63) is 30.0 Å². The lowest BCUT2D eigenvalue weighted by Gasteiger charge is -2.14. The highest BCUT2D eigenvalue weighted by Crippen LogP contribution is 2.28. The van der Waals surface area contributed by atoms with Gasteiger partial charge in [-0.05, 0) is 25.0 Å². The average Bonchev–Trinajstić information content (AvgIpc) is 3.29. The molecule has 3 aromatic rings. The van der Waals surface area contributed by atoms with Gasteiger partial charge in [-0.15, -0.1) is 21.5 Å². The van der Waals surface area contributed by atoms with Gasteiger partial charge >= 0.3 is 0 Å². The molecule has 7 nitrogen and oxygen atoms in total. The fourth-order valence-electron chi connectivity index (χ4n) is 2.20. The van der Waals surface area contributed by atoms with Crippen LogP contribution >= 0.6 is 23.1 Å². The van der Waals surface area contributed by atoms with Gasteiger partial charge in [0.15, 0.2) is 21.9 Å². The first-order chi connectivity index (χ1) is 12.0. The van der Waals surface area contributed by atoms with Crippen LogP contribution in [-0.4, -0.2) is 30.9 Å². The van der Waals surface area contributed by atoms with Crippen molar-refractivity contribution in [3.63, 3.8) is 0 Å². The molecule has 0 spiro atoms. The molecule has 3 heterocycles. The number of furan rings is 1. The Balaban J connectivity index is 1.78. The molecule has 0 aliphatic rings. The molecular formula is C16H19N5O2S2. The minimum absolute atomic E-state index is 0.112. The van der Waals surface area contributed by atoms with Crippen LogP contribution in [0, 0.1) is 5.92 Å². The Labute approximate surface area is 153 Å². The lowest BCUT2D eigenvalue weighted by atomic mass is 10.2. The summed E-state index contributed by atoms with van der Waals surface area (Å²) in [6.07, 6.45) is 3.27. The molecule has 1 atom stereocenters. The third-order valence-electron chi connectivity index (χ3n) is 3.32. The summed E-state index contributed by atoms with van der Waals surface area (Å²) in [6.45, 7) is 6.83. The van der Waals surface area contributed by atoms with E-state index in [0.29, 0.717) is 27.8 Å². The highest BCUT2D eigenvalue weighted by molar-refractivity contribution is 8.00. The largest absolute Gasteiger partial charge is 0.461 e. The molecule has 0 aliphatic carbocycles. The zero-order valence-electron chi connectivity index (χ0n) is 14.2. The number of anilines is 1. The SMILES string of the molecule is CC(C)Cn1c(S[C@@H](C)C(=O)Nc2nccs2)nnc1-c1ccco1. The number of hydrogen-bond acceptors (Lipinski definition) is 7. The van der Waals surface area contributed by atoms with E-state index in [-0.39, 0.29) is 11.2 Å². The van der Waals surface area contributed by atoms with Crippen LogP contribution in [0.1, 0.15) is 20.8 Å². The van der Waals surface area contributed by atoms with Crippen LogP contribution < -0.4 is 5.32 Å². The second kappa shape index (κ2) is 7.83. The monoisotopic (exact) mass is 377 g/mol. The van der Waals surface area contributed by atoms with Crippen molar-refractivity contribution in [2.45, 2.75) is 37.7 Å². The molecule has 0 saturated heterocycles. The Morgan fingerprint density at radius 2 is 2.24 bits per heavy atom. The molecule has 3 rings (SSSR count). The van der Waals surface area contributed by atoms with Crippen molar-refractivity contribution in [1.82, 2.24) is 19.7 Å². The lowest BCUT2D eigenvalue weighted by Crippen LogP contribution is -2.23. The fraction of sp³-hybridized carbons (Fsp3) is 0.375. The van der Waals surface area contributed by atoms with Crippen LogP contribution in [0.25, 0.3) is 11.6 Å². The third-order valence-corrected chi connectivity index (χ3v) is 5.09. The second-order valence-electron chi connectivity index (χ2n) is 5.87. The van der Waals surface area contributed by atoms with Crippen molar-refractivity contribution in [2.24, 2.45) is 5.92 Å². The number of nitrogens with one attached hydrogen (secondary N) is 1. The highest BCUT2D eigenvalue weighted by Gasteiger charge is 2.22. The summed E-state index contributed by atoms with van der Waals surface area (Å²) in [7, 11) is 0. The van der Waals surface area contributed by atoms with Crippen molar-refractivity contribution in [2.75, 3.05) is 5.32 Å². The molecular weight excluding hydrogens is 358 g/mol. The van der Waals surface area contributed by atoms with Gasteiger partial charge in [-0.1, -0.05) is 25.6 Å². The summed E-state index contributed by atoms with van der Waals surface area (Å²) in [5, 5.41) is 14.1. The Bertz CT molecular complexity index is 812. The molecule has 0 bridgehead atoms. The second-order valence-corrected chi connectivity index (χ2v) is 8.08. The minimum Gasteiger partial charge on any atom is -0.461 e. The van der Waals surface area contributed by atoms with E-state index in [1.165, 1.54) is 23.1 Å². The van der Waals surface area contributed by atoms with Gasteiger partial charge in [-0.25, -0.2) is 4.98 Å². The predicted octanol–water partition coefficient (Wildman–Crippen LogP) is 3.77. The maximum Gasteiger partial charge on any atom is 0.239 e. The number of thioether (sulfide) groups is 1. The van der Waals surface area contributed by atoms with Crippen LogP contribution in [0.15, 0.2) is 39.5 Å². The molecule has 0 aliphatic heterocycles. The molecule has 0 radical (unpaired) electrons. The van der Waals surface area contributed by atoms with Gasteiger partial charge in [-0.2, -0.15) is 0 Å². The van der Waals surface area contributed by atoms with E-state index in [0.717, 1.165) is 6.54 Å². The maximum absolute atomic E-state index is 12.3. The van der Waals surface area contributed by atoms with Gasteiger partial charge in [-0.3, -0.25) is 9.36 Å². The topological polar surface area (TPSA) is 85.8 Å². The Morgan fingerprint density at radius 3 is 2.88 bits per heavy atom. The standard InChI is InChI=1S/C16H19N5O2S2/c1-10(2)9-21-13(12-5-4-7-23-12)19-20-16(21)25-11(3)14(22)18-15-17-6-8-24-15/h4-8,10-11H,9H2,1-3H3,(H,17,18,22)/t11-/m0/s1. The normalized spacial score (nSPS) is 12.5. The number of carbonyl (C=O) groups excluding carboxylic acids is 1. The minimum atomic E-state index is -0.330. The van der Waals surface area contributed by atoms with Crippen molar-refractivity contribution >= 4 is 34.1 Å². The summed E-state index contributed by atoms with van der Waals surface area (Å²) < 4.78 is 7.46.